The van der Waals surface area contributed by atoms with Crippen molar-refractivity contribution >= 4 is 77.2 Å². The normalized spacial score (nSPS) is 13.9. The molecular formula is C68H106B2F2N4O4Se2. The SMILES string of the molecule is CCCCCCCCCCCCC1(CCCCCCCCCCCC)c2cc(B(O)O)c3n[se]nc3c2-c2c(F)c3c(c(F)c21)-c1c(cc(B(O)O)c2n[se]nc12)C3(CCCCCCCCCCCC)CCCCCCCCCCCC. The zero-order chi connectivity index (χ0) is 58.2. The molecule has 8 nitrogen and oxygen atoms in total. The van der Waals surface area contributed by atoms with E-state index in [1.54, 1.807) is 0 Å². The monoisotopic (exact) mass is 1260 g/mol. The van der Waals surface area contributed by atoms with Crippen LogP contribution >= 0.6 is 0 Å². The molecule has 4 N–H and O–H groups in total. The third-order valence-corrected chi connectivity index (χ3v) is 21.6. The van der Waals surface area contributed by atoms with Crippen LogP contribution in [0, 0.1) is 11.6 Å². The first kappa shape index (κ1) is 67.2. The number of rotatable bonds is 46. The number of fused-ring (bicyclic) bond motifs is 10. The average molecular weight is 1260 g/mol. The third-order valence-electron chi connectivity index (χ3n) is 19.4. The number of halogens is 2. The summed E-state index contributed by atoms with van der Waals surface area (Å²) in [7, 11) is -3.65. The molecule has 0 spiro atoms. The molecule has 0 unspecified atom stereocenters. The summed E-state index contributed by atoms with van der Waals surface area (Å²) in [6.45, 7) is 9.03. The quantitative estimate of drug-likeness (QED) is 0.0224. The van der Waals surface area contributed by atoms with E-state index < -0.39 is 66.6 Å². The fraction of sp³-hybridized carbons (Fsp3) is 0.735. The van der Waals surface area contributed by atoms with Crippen LogP contribution in [0.15, 0.2) is 12.1 Å². The predicted octanol–water partition coefficient (Wildman–Crippen LogP) is 17.1. The summed E-state index contributed by atoms with van der Waals surface area (Å²) < 4.78 is 59.4. The van der Waals surface area contributed by atoms with E-state index >= 15 is 8.78 Å². The minimum Gasteiger partial charge on any atom is -0.0654 e. The van der Waals surface area contributed by atoms with Crippen molar-refractivity contribution in [3.8, 4) is 22.3 Å². The van der Waals surface area contributed by atoms with E-state index in [1.165, 1.54) is 154 Å². The summed E-state index contributed by atoms with van der Waals surface area (Å²) in [5.41, 5.74) is 4.45. The van der Waals surface area contributed by atoms with E-state index in [-0.39, 0.29) is 10.9 Å². The molecule has 2 heterocycles. The van der Waals surface area contributed by atoms with Crippen molar-refractivity contribution in [1.82, 2.24) is 15.9 Å². The van der Waals surface area contributed by atoms with Crippen molar-refractivity contribution < 1.29 is 28.9 Å². The smallest absolute Gasteiger partial charge is 0.0654 e. The van der Waals surface area contributed by atoms with Gasteiger partial charge < -0.3 is 0 Å². The van der Waals surface area contributed by atoms with Crippen LogP contribution in [0.4, 0.5) is 8.78 Å². The van der Waals surface area contributed by atoms with Gasteiger partial charge in [0, 0.05) is 0 Å². The molecule has 14 heteroatoms. The number of aromatic nitrogens is 4. The van der Waals surface area contributed by atoms with Crippen LogP contribution in [0.5, 0.6) is 0 Å². The Bertz CT molecular complexity index is 2450. The molecule has 0 atom stereocenters. The molecule has 2 aliphatic rings. The van der Waals surface area contributed by atoms with Gasteiger partial charge in [-0.1, -0.05) is 130 Å². The second kappa shape index (κ2) is 35.5. The Balaban J connectivity index is 1.36. The van der Waals surface area contributed by atoms with Gasteiger partial charge in [-0.25, -0.2) is 0 Å². The Morgan fingerprint density at radius 3 is 0.780 bits per heavy atom. The van der Waals surface area contributed by atoms with Gasteiger partial charge in [0.1, 0.15) is 0 Å². The summed E-state index contributed by atoms with van der Waals surface area (Å²) in [6, 6.07) is 3.74. The van der Waals surface area contributed by atoms with Gasteiger partial charge in [0.25, 0.3) is 0 Å². The second-order valence-corrected chi connectivity index (χ2v) is 27.7. The number of unbranched alkanes of at least 4 members (excludes halogenated alkanes) is 36. The molecule has 5 aromatic rings. The van der Waals surface area contributed by atoms with Gasteiger partial charge in [-0.3, -0.25) is 0 Å². The zero-order valence-corrected chi connectivity index (χ0v) is 55.0. The fourth-order valence-electron chi connectivity index (χ4n) is 14.9. The van der Waals surface area contributed by atoms with Crippen molar-refractivity contribution in [2.75, 3.05) is 0 Å². The molecule has 7 rings (SSSR count). The summed E-state index contributed by atoms with van der Waals surface area (Å²) in [6.07, 6.45) is 48.7. The van der Waals surface area contributed by atoms with Crippen molar-refractivity contribution in [2.45, 2.75) is 321 Å². The van der Waals surface area contributed by atoms with E-state index in [1.807, 2.05) is 12.1 Å². The molecule has 0 saturated carbocycles. The first-order valence-electron chi connectivity index (χ1n) is 34.0. The summed E-state index contributed by atoms with van der Waals surface area (Å²) in [5.74, 6) is -0.796. The van der Waals surface area contributed by atoms with E-state index in [0.29, 0.717) is 81.1 Å². The Morgan fingerprint density at radius 2 is 0.549 bits per heavy atom. The molecule has 454 valence electrons. The predicted molar refractivity (Wildman–Crippen MR) is 344 cm³/mol. The molecule has 3 aromatic carbocycles. The Hall–Kier alpha value is -2.27. The maximum atomic E-state index is 19.9. The van der Waals surface area contributed by atoms with Crippen LogP contribution in [-0.2, 0) is 10.8 Å². The van der Waals surface area contributed by atoms with Crippen LogP contribution in [0.25, 0.3) is 44.3 Å². The molecule has 2 aliphatic carbocycles. The van der Waals surface area contributed by atoms with Crippen LogP contribution in [0.1, 0.15) is 332 Å². The van der Waals surface area contributed by atoms with Gasteiger partial charge in [0.05, 0.1) is 0 Å². The second-order valence-electron chi connectivity index (χ2n) is 25.5. The van der Waals surface area contributed by atoms with E-state index in [2.05, 4.69) is 27.7 Å². The van der Waals surface area contributed by atoms with Crippen molar-refractivity contribution in [3.05, 3.63) is 46.0 Å². The number of benzene rings is 3. The number of nitrogens with zero attached hydrogens (tertiary/aromatic N) is 4. The van der Waals surface area contributed by atoms with Gasteiger partial charge in [-0.05, 0) is 0 Å². The Kier molecular flexibility index (Phi) is 29.1. The van der Waals surface area contributed by atoms with Gasteiger partial charge in [0.2, 0.25) is 0 Å². The zero-order valence-electron chi connectivity index (χ0n) is 51.6. The number of hydrogen-bond donors (Lipinski definition) is 4. The maximum absolute atomic E-state index is 19.9. The van der Waals surface area contributed by atoms with E-state index in [4.69, 9.17) is 15.9 Å². The van der Waals surface area contributed by atoms with Crippen molar-refractivity contribution in [1.29, 1.82) is 0 Å². The molecular weight excluding hydrogens is 1150 g/mol. The third kappa shape index (κ3) is 16.7. The fourth-order valence-corrected chi connectivity index (χ4v) is 17.3. The summed E-state index contributed by atoms with van der Waals surface area (Å²) >= 11 is -1.18. The topological polar surface area (TPSA) is 132 Å². The van der Waals surface area contributed by atoms with Crippen LogP contribution in [0.2, 0.25) is 0 Å². The molecule has 2 aromatic heterocycles. The summed E-state index contributed by atoms with van der Waals surface area (Å²) in [4.78, 5) is 0. The van der Waals surface area contributed by atoms with Crippen LogP contribution in [-0.4, -0.2) is 80.2 Å². The van der Waals surface area contributed by atoms with Crippen LogP contribution in [0.3, 0.4) is 0 Å². The minimum absolute atomic E-state index is 0.269. The number of hydrogen-bond acceptors (Lipinski definition) is 8. The van der Waals surface area contributed by atoms with Crippen LogP contribution < -0.4 is 10.9 Å². The van der Waals surface area contributed by atoms with E-state index in [9.17, 15) is 20.1 Å². The molecule has 0 amide bonds. The van der Waals surface area contributed by atoms with Gasteiger partial charge in [0.15, 0.2) is 0 Å². The molecule has 82 heavy (non-hydrogen) atoms. The first-order chi connectivity index (χ1) is 40.1. The van der Waals surface area contributed by atoms with Gasteiger partial charge in [-0.15, -0.1) is 0 Å². The molecule has 0 fully saturated rings. The average Bonchev–Trinajstić information content (AvgIpc) is 3.45. The van der Waals surface area contributed by atoms with Gasteiger partial charge >= 0.3 is 381 Å². The Labute approximate surface area is 508 Å². The van der Waals surface area contributed by atoms with Gasteiger partial charge in [-0.2, -0.15) is 0 Å². The molecule has 0 bridgehead atoms. The first-order valence-corrected chi connectivity index (χ1v) is 37.1. The standard InChI is InChI=1S/C68H106B2F2N4O4Se2/c1-5-9-13-17-21-25-29-33-37-41-45-67(46-42-38-34-30-26-22-18-14-10-6-2)51-49-53(69(77)78)63-65(75-81-73-63)55(51)57-59(67)61(71)58-56-52(50-54(70(79)80)64-66(56)76-82-74-64)68(60(58)62(57)72,47-43-39-35-31-27-23-19-15-11-7-3)48-44-40-36-32-28-24-20-16-12-8-4/h49-50,77-80H,5-48H2,1-4H3. The molecule has 0 saturated heterocycles. The Morgan fingerprint density at radius 1 is 0.329 bits per heavy atom. The van der Waals surface area contributed by atoms with E-state index in [0.717, 1.165) is 114 Å². The minimum atomic E-state index is -1.82. The summed E-state index contributed by atoms with van der Waals surface area (Å²) in [5, 5.41) is 44.6. The molecule has 0 aliphatic heterocycles. The van der Waals surface area contributed by atoms with Crippen molar-refractivity contribution in [2.24, 2.45) is 0 Å². The van der Waals surface area contributed by atoms with Crippen molar-refractivity contribution in [3.63, 3.8) is 0 Å². The molecule has 0 radical (unpaired) electrons.